The lowest BCUT2D eigenvalue weighted by atomic mass is 10.1. The average Bonchev–Trinajstić information content (AvgIpc) is 3.06. The second kappa shape index (κ2) is 6.99. The molecule has 3 rings (SSSR count). The molecule has 1 N–H and O–H groups in total. The van der Waals surface area contributed by atoms with Gasteiger partial charge in [-0.15, -0.1) is 0 Å². The highest BCUT2D eigenvalue weighted by Gasteiger charge is 2.31. The first-order valence-electron chi connectivity index (χ1n) is 8.55. The molecule has 0 spiro atoms. The normalized spacial score (nSPS) is 17.1. The van der Waals surface area contributed by atoms with Crippen molar-refractivity contribution in [2.24, 2.45) is 0 Å². The minimum atomic E-state index is -0.0633. The number of aromatic nitrogens is 2. The van der Waals surface area contributed by atoms with Crippen LogP contribution in [0.4, 0.5) is 10.5 Å². The number of carbonyl (C=O) groups excluding carboxylic acids is 1. The molecule has 126 valence electrons. The fourth-order valence-corrected chi connectivity index (χ4v) is 3.30. The number of rotatable bonds is 3. The van der Waals surface area contributed by atoms with Crippen molar-refractivity contribution in [1.82, 2.24) is 14.9 Å². The Morgan fingerprint density at radius 1 is 1.33 bits per heavy atom. The lowest BCUT2D eigenvalue weighted by molar-refractivity contribution is 0.206. The van der Waals surface area contributed by atoms with Crippen molar-refractivity contribution in [1.29, 1.82) is 0 Å². The third-order valence-corrected chi connectivity index (χ3v) is 4.57. The van der Waals surface area contributed by atoms with Crippen LogP contribution in [0.3, 0.4) is 0 Å². The molecular weight excluding hydrogens is 300 g/mol. The number of likely N-dealkylation sites (tertiary alicyclic amines) is 1. The van der Waals surface area contributed by atoms with Crippen molar-refractivity contribution in [3.05, 3.63) is 53.1 Å². The van der Waals surface area contributed by atoms with E-state index in [9.17, 15) is 4.79 Å². The van der Waals surface area contributed by atoms with E-state index in [1.807, 2.05) is 49.9 Å². The van der Waals surface area contributed by atoms with E-state index in [0.717, 1.165) is 54.1 Å². The molecule has 1 atom stereocenters. The summed E-state index contributed by atoms with van der Waals surface area (Å²) in [5, 5.41) is 3.08. The molecule has 1 aliphatic rings. The number of carbonyl (C=O) groups is 1. The van der Waals surface area contributed by atoms with E-state index < -0.39 is 0 Å². The van der Waals surface area contributed by atoms with Crippen molar-refractivity contribution in [2.45, 2.75) is 46.1 Å². The van der Waals surface area contributed by atoms with Crippen molar-refractivity contribution in [3.8, 4) is 0 Å². The number of hydrogen-bond donors (Lipinski definition) is 1. The molecule has 1 unspecified atom stereocenters. The molecular formula is C19H24N4O. The van der Waals surface area contributed by atoms with E-state index in [4.69, 9.17) is 0 Å². The summed E-state index contributed by atoms with van der Waals surface area (Å²) < 4.78 is 0. The maximum atomic E-state index is 12.9. The quantitative estimate of drug-likeness (QED) is 0.927. The highest BCUT2D eigenvalue weighted by Crippen LogP contribution is 2.32. The number of amides is 2. The SMILES string of the molecule is CCc1nccc(C)c1NC(=O)N1CCCC1c1cccc(C)n1. The molecule has 3 heterocycles. The highest BCUT2D eigenvalue weighted by atomic mass is 16.2. The summed E-state index contributed by atoms with van der Waals surface area (Å²) >= 11 is 0. The van der Waals surface area contributed by atoms with E-state index >= 15 is 0 Å². The van der Waals surface area contributed by atoms with Crippen LogP contribution in [0.1, 0.15) is 48.5 Å². The second-order valence-corrected chi connectivity index (χ2v) is 6.29. The Balaban J connectivity index is 1.82. The zero-order chi connectivity index (χ0) is 17.1. The Kier molecular flexibility index (Phi) is 4.79. The topological polar surface area (TPSA) is 58.1 Å². The van der Waals surface area contributed by atoms with E-state index in [1.165, 1.54) is 0 Å². The van der Waals surface area contributed by atoms with Crippen LogP contribution < -0.4 is 5.32 Å². The predicted molar refractivity (Wildman–Crippen MR) is 95.0 cm³/mol. The largest absolute Gasteiger partial charge is 0.322 e. The molecule has 24 heavy (non-hydrogen) atoms. The van der Waals surface area contributed by atoms with Crippen LogP contribution in [0, 0.1) is 13.8 Å². The molecule has 0 saturated carbocycles. The predicted octanol–water partition coefficient (Wildman–Crippen LogP) is 4.02. The number of aryl methyl sites for hydroxylation is 3. The summed E-state index contributed by atoms with van der Waals surface area (Å²) in [5.74, 6) is 0. The summed E-state index contributed by atoms with van der Waals surface area (Å²) in [5.41, 5.74) is 4.76. The zero-order valence-corrected chi connectivity index (χ0v) is 14.5. The van der Waals surface area contributed by atoms with Crippen LogP contribution >= 0.6 is 0 Å². The van der Waals surface area contributed by atoms with Crippen LogP contribution in [0.2, 0.25) is 0 Å². The fraction of sp³-hybridized carbons (Fsp3) is 0.421. The van der Waals surface area contributed by atoms with Crippen molar-refractivity contribution in [3.63, 3.8) is 0 Å². The van der Waals surface area contributed by atoms with E-state index in [2.05, 4.69) is 15.3 Å². The molecule has 5 heteroatoms. The zero-order valence-electron chi connectivity index (χ0n) is 14.5. The fourth-order valence-electron chi connectivity index (χ4n) is 3.30. The van der Waals surface area contributed by atoms with Gasteiger partial charge in [0.15, 0.2) is 0 Å². The maximum absolute atomic E-state index is 12.9. The second-order valence-electron chi connectivity index (χ2n) is 6.29. The number of hydrogen-bond acceptors (Lipinski definition) is 3. The summed E-state index contributed by atoms with van der Waals surface area (Å²) in [6.45, 7) is 6.79. The Morgan fingerprint density at radius 3 is 2.92 bits per heavy atom. The van der Waals surface area contributed by atoms with Gasteiger partial charge in [-0.1, -0.05) is 13.0 Å². The molecule has 1 aliphatic heterocycles. The van der Waals surface area contributed by atoms with Crippen LogP contribution in [-0.2, 0) is 6.42 Å². The Bertz CT molecular complexity index is 744. The van der Waals surface area contributed by atoms with E-state index in [0.29, 0.717) is 0 Å². The number of pyridine rings is 2. The Labute approximate surface area is 143 Å². The van der Waals surface area contributed by atoms with Crippen LogP contribution in [-0.4, -0.2) is 27.4 Å². The minimum absolute atomic E-state index is 0.0481. The summed E-state index contributed by atoms with van der Waals surface area (Å²) in [6.07, 6.45) is 4.54. The molecule has 2 amide bonds. The van der Waals surface area contributed by atoms with Gasteiger partial charge in [0, 0.05) is 18.4 Å². The first kappa shape index (κ1) is 16.4. The van der Waals surface area contributed by atoms with Crippen molar-refractivity contribution < 1.29 is 4.79 Å². The lowest BCUT2D eigenvalue weighted by Crippen LogP contribution is -2.35. The molecule has 1 saturated heterocycles. The van der Waals surface area contributed by atoms with Crippen LogP contribution in [0.25, 0.3) is 0 Å². The van der Waals surface area contributed by atoms with Gasteiger partial charge in [-0.2, -0.15) is 0 Å². The van der Waals surface area contributed by atoms with Gasteiger partial charge in [-0.3, -0.25) is 9.97 Å². The first-order valence-corrected chi connectivity index (χ1v) is 8.55. The van der Waals surface area contributed by atoms with Crippen LogP contribution in [0.15, 0.2) is 30.5 Å². The van der Waals surface area contributed by atoms with Gasteiger partial charge >= 0.3 is 6.03 Å². The average molecular weight is 324 g/mol. The molecule has 0 bridgehead atoms. The summed E-state index contributed by atoms with van der Waals surface area (Å²) in [6, 6.07) is 7.91. The number of nitrogens with one attached hydrogen (secondary N) is 1. The molecule has 0 radical (unpaired) electrons. The number of anilines is 1. The Hall–Kier alpha value is -2.43. The molecule has 2 aromatic rings. The van der Waals surface area contributed by atoms with Gasteiger partial charge in [0.2, 0.25) is 0 Å². The van der Waals surface area contributed by atoms with Crippen molar-refractivity contribution >= 4 is 11.7 Å². The molecule has 2 aromatic heterocycles. The number of urea groups is 1. The molecule has 5 nitrogen and oxygen atoms in total. The summed E-state index contributed by atoms with van der Waals surface area (Å²) in [4.78, 5) is 23.8. The minimum Gasteiger partial charge on any atom is -0.316 e. The van der Waals surface area contributed by atoms with Gasteiger partial charge in [0.1, 0.15) is 0 Å². The van der Waals surface area contributed by atoms with E-state index in [1.54, 1.807) is 6.20 Å². The van der Waals surface area contributed by atoms with Crippen LogP contribution in [0.5, 0.6) is 0 Å². The highest BCUT2D eigenvalue weighted by molar-refractivity contribution is 5.91. The van der Waals surface area contributed by atoms with Gasteiger partial charge in [0.25, 0.3) is 0 Å². The standard InChI is InChI=1S/C19H24N4O/c1-4-15-18(13(2)10-11-20-15)22-19(24)23-12-6-9-17(23)16-8-5-7-14(3)21-16/h5,7-8,10-11,17H,4,6,9,12H2,1-3H3,(H,22,24). The smallest absolute Gasteiger partial charge is 0.316 e. The van der Waals surface area contributed by atoms with Gasteiger partial charge in [0.05, 0.1) is 23.1 Å². The molecule has 0 aromatic carbocycles. The van der Waals surface area contributed by atoms with Gasteiger partial charge < -0.3 is 10.2 Å². The molecule has 1 fully saturated rings. The lowest BCUT2D eigenvalue weighted by Gasteiger charge is -2.25. The Morgan fingerprint density at radius 2 is 2.17 bits per heavy atom. The summed E-state index contributed by atoms with van der Waals surface area (Å²) in [7, 11) is 0. The third kappa shape index (κ3) is 3.25. The van der Waals surface area contributed by atoms with Gasteiger partial charge in [-0.25, -0.2) is 4.79 Å². The van der Waals surface area contributed by atoms with Gasteiger partial charge in [-0.05, 0) is 56.9 Å². The van der Waals surface area contributed by atoms with Crippen molar-refractivity contribution in [2.75, 3.05) is 11.9 Å². The number of nitrogens with zero attached hydrogens (tertiary/aromatic N) is 3. The van der Waals surface area contributed by atoms with E-state index in [-0.39, 0.29) is 12.1 Å². The monoisotopic (exact) mass is 324 g/mol. The first-order chi connectivity index (χ1) is 11.6. The maximum Gasteiger partial charge on any atom is 0.322 e. The molecule has 0 aliphatic carbocycles. The third-order valence-electron chi connectivity index (χ3n) is 4.57.